The second-order valence-electron chi connectivity index (χ2n) is 7.78. The smallest absolute Gasteiger partial charge is 0.272 e. The summed E-state index contributed by atoms with van der Waals surface area (Å²) in [4.78, 5) is 4.26. The summed E-state index contributed by atoms with van der Waals surface area (Å²) in [7, 11) is 1.70. The molecule has 1 atom stereocenters. The first-order valence-electron chi connectivity index (χ1n) is 10.8. The molecule has 8 heteroatoms. The molecule has 0 aliphatic carbocycles. The van der Waals surface area contributed by atoms with Crippen molar-refractivity contribution in [2.45, 2.75) is 32.9 Å². The highest BCUT2D eigenvalue weighted by Gasteiger charge is 2.17. The molecule has 1 fully saturated rings. The van der Waals surface area contributed by atoms with Gasteiger partial charge in [-0.1, -0.05) is 24.3 Å². The number of rotatable bonds is 10. The molecule has 0 bridgehead atoms. The molecule has 0 amide bonds. The highest BCUT2D eigenvalue weighted by molar-refractivity contribution is 5.79. The Morgan fingerprint density at radius 1 is 1.16 bits per heavy atom. The third kappa shape index (κ3) is 7.67. The van der Waals surface area contributed by atoms with Crippen molar-refractivity contribution < 1.29 is 23.0 Å². The summed E-state index contributed by atoms with van der Waals surface area (Å²) in [6.45, 7) is 4.66. The van der Waals surface area contributed by atoms with Crippen molar-refractivity contribution in [3.05, 3.63) is 59.2 Å². The Hall–Kier alpha value is -2.87. The summed E-state index contributed by atoms with van der Waals surface area (Å²) in [6.07, 6.45) is -1.47. The van der Waals surface area contributed by atoms with Gasteiger partial charge in [0.1, 0.15) is 18.1 Å². The predicted octanol–water partition coefficient (Wildman–Crippen LogP) is 3.92. The summed E-state index contributed by atoms with van der Waals surface area (Å²) < 4.78 is 41.3. The van der Waals surface area contributed by atoms with Gasteiger partial charge < -0.3 is 24.8 Å². The lowest BCUT2D eigenvalue weighted by molar-refractivity contribution is 0.0818. The van der Waals surface area contributed by atoms with Gasteiger partial charge in [0.2, 0.25) is 0 Å². The molecule has 2 N–H and O–H groups in total. The Morgan fingerprint density at radius 2 is 2.00 bits per heavy atom. The number of hydrogen-bond donors (Lipinski definition) is 2. The molecule has 174 valence electrons. The van der Waals surface area contributed by atoms with Gasteiger partial charge in [-0.2, -0.15) is 0 Å². The molecule has 3 rings (SSSR count). The molecule has 0 aromatic heterocycles. The molecule has 32 heavy (non-hydrogen) atoms. The van der Waals surface area contributed by atoms with Crippen LogP contribution in [0.15, 0.2) is 47.5 Å². The van der Waals surface area contributed by atoms with E-state index in [0.717, 1.165) is 42.1 Å². The largest absolute Gasteiger partial charge is 0.493 e. The summed E-state index contributed by atoms with van der Waals surface area (Å²) >= 11 is 0. The number of halogens is 2. The van der Waals surface area contributed by atoms with E-state index in [1.54, 1.807) is 25.2 Å². The average Bonchev–Trinajstić information content (AvgIpc) is 3.31. The molecule has 2 aromatic rings. The zero-order chi connectivity index (χ0) is 22.8. The first-order valence-corrected chi connectivity index (χ1v) is 10.8. The van der Waals surface area contributed by atoms with E-state index in [2.05, 4.69) is 27.8 Å². The second-order valence-corrected chi connectivity index (χ2v) is 7.78. The van der Waals surface area contributed by atoms with Gasteiger partial charge in [0.25, 0.3) is 6.43 Å². The molecule has 1 saturated heterocycles. The van der Waals surface area contributed by atoms with E-state index in [9.17, 15) is 8.78 Å². The third-order valence-corrected chi connectivity index (χ3v) is 5.13. The maximum Gasteiger partial charge on any atom is 0.272 e. The molecule has 2 aromatic carbocycles. The van der Waals surface area contributed by atoms with Crippen molar-refractivity contribution >= 4 is 5.96 Å². The van der Waals surface area contributed by atoms with Gasteiger partial charge in [0.15, 0.2) is 5.96 Å². The Morgan fingerprint density at radius 3 is 2.75 bits per heavy atom. The predicted molar refractivity (Wildman–Crippen MR) is 121 cm³/mol. The van der Waals surface area contributed by atoms with Crippen LogP contribution >= 0.6 is 0 Å². The molecule has 0 saturated carbocycles. The quantitative estimate of drug-likeness (QED) is 0.427. The normalized spacial score (nSPS) is 16.3. The van der Waals surface area contributed by atoms with Crippen molar-refractivity contribution in [1.82, 2.24) is 10.6 Å². The molecule has 1 heterocycles. The summed E-state index contributed by atoms with van der Waals surface area (Å²) in [5.74, 6) is 2.34. The number of ether oxygens (including phenoxy) is 3. The zero-order valence-electron chi connectivity index (χ0n) is 18.6. The lowest BCUT2D eigenvalue weighted by Gasteiger charge is -2.17. The average molecular weight is 448 g/mol. The molecular weight excluding hydrogens is 416 g/mol. The van der Waals surface area contributed by atoms with E-state index in [4.69, 9.17) is 14.2 Å². The summed E-state index contributed by atoms with van der Waals surface area (Å²) in [6, 6.07) is 13.2. The Bertz CT molecular complexity index is 887. The minimum atomic E-state index is -2.50. The van der Waals surface area contributed by atoms with Crippen molar-refractivity contribution in [1.29, 1.82) is 0 Å². The number of benzene rings is 2. The molecule has 1 aliphatic rings. The fraction of sp³-hybridized carbons (Fsp3) is 0.458. The van der Waals surface area contributed by atoms with Crippen LogP contribution in [0, 0.1) is 12.8 Å². The van der Waals surface area contributed by atoms with Gasteiger partial charge in [0.05, 0.1) is 13.2 Å². The van der Waals surface area contributed by atoms with Crippen LogP contribution in [0.2, 0.25) is 0 Å². The minimum Gasteiger partial charge on any atom is -0.493 e. The van der Waals surface area contributed by atoms with Gasteiger partial charge in [-0.25, -0.2) is 8.78 Å². The van der Waals surface area contributed by atoms with E-state index in [1.807, 2.05) is 19.1 Å². The molecule has 6 nitrogen and oxygen atoms in total. The van der Waals surface area contributed by atoms with Gasteiger partial charge in [-0.05, 0) is 42.7 Å². The number of aliphatic imine (C=N–C) groups is 1. The summed E-state index contributed by atoms with van der Waals surface area (Å²) in [5, 5.41) is 6.54. The van der Waals surface area contributed by atoms with Crippen LogP contribution in [0.3, 0.4) is 0 Å². The van der Waals surface area contributed by atoms with Gasteiger partial charge >= 0.3 is 0 Å². The van der Waals surface area contributed by atoms with E-state index in [-0.39, 0.29) is 0 Å². The van der Waals surface area contributed by atoms with Crippen molar-refractivity contribution in [3.63, 3.8) is 0 Å². The number of guanidine groups is 1. The highest BCUT2D eigenvalue weighted by atomic mass is 19.3. The van der Waals surface area contributed by atoms with Crippen LogP contribution in [-0.2, 0) is 17.8 Å². The molecule has 0 spiro atoms. The Kier molecular flexibility index (Phi) is 9.10. The van der Waals surface area contributed by atoms with Gasteiger partial charge in [0, 0.05) is 38.2 Å². The molecule has 0 radical (unpaired) electrons. The Balaban J connectivity index is 1.52. The van der Waals surface area contributed by atoms with Crippen LogP contribution in [0.1, 0.15) is 23.1 Å². The maximum absolute atomic E-state index is 12.3. The lowest BCUT2D eigenvalue weighted by atomic mass is 10.1. The minimum absolute atomic E-state index is 0.418. The Labute approximate surface area is 188 Å². The van der Waals surface area contributed by atoms with Crippen LogP contribution in [-0.4, -0.2) is 45.9 Å². The third-order valence-electron chi connectivity index (χ3n) is 5.13. The number of alkyl halides is 2. The number of hydrogen-bond acceptors (Lipinski definition) is 4. The van der Waals surface area contributed by atoms with E-state index in [0.29, 0.717) is 37.3 Å². The first-order chi connectivity index (χ1) is 15.5. The maximum atomic E-state index is 12.3. The van der Waals surface area contributed by atoms with Gasteiger partial charge in [-0.15, -0.1) is 0 Å². The number of aryl methyl sites for hydroxylation is 1. The van der Waals surface area contributed by atoms with Gasteiger partial charge in [-0.3, -0.25) is 4.99 Å². The van der Waals surface area contributed by atoms with Crippen molar-refractivity contribution in [3.8, 4) is 11.5 Å². The first kappa shape index (κ1) is 23.8. The van der Waals surface area contributed by atoms with E-state index < -0.39 is 13.0 Å². The van der Waals surface area contributed by atoms with Crippen LogP contribution < -0.4 is 20.1 Å². The summed E-state index contributed by atoms with van der Waals surface area (Å²) in [5.41, 5.74) is 3.08. The zero-order valence-corrected chi connectivity index (χ0v) is 18.6. The van der Waals surface area contributed by atoms with Crippen LogP contribution in [0.4, 0.5) is 8.78 Å². The monoisotopic (exact) mass is 447 g/mol. The standard InChI is InChI=1S/C24H31F2N3O3/c1-17-6-7-20(22(10-17)32-15-19-8-9-30-14-19)13-29-24(27-2)28-12-18-4-3-5-21(11-18)31-16-23(25)26/h3-7,10-11,19,23H,8-9,12-16H2,1-2H3,(H2,27,28,29). The van der Waals surface area contributed by atoms with Crippen LogP contribution in [0.25, 0.3) is 0 Å². The second kappa shape index (κ2) is 12.2. The van der Waals surface area contributed by atoms with Crippen LogP contribution in [0.5, 0.6) is 11.5 Å². The van der Waals surface area contributed by atoms with Crippen molar-refractivity contribution in [2.75, 3.05) is 33.5 Å². The molecule has 1 aliphatic heterocycles. The topological polar surface area (TPSA) is 64.1 Å². The molecular formula is C24H31F2N3O3. The number of nitrogens with one attached hydrogen (secondary N) is 2. The fourth-order valence-electron chi connectivity index (χ4n) is 3.35. The fourth-order valence-corrected chi connectivity index (χ4v) is 3.35. The number of nitrogens with zero attached hydrogens (tertiary/aromatic N) is 1. The highest BCUT2D eigenvalue weighted by Crippen LogP contribution is 2.22. The van der Waals surface area contributed by atoms with E-state index in [1.165, 1.54) is 0 Å². The van der Waals surface area contributed by atoms with E-state index >= 15 is 0 Å². The lowest BCUT2D eigenvalue weighted by Crippen LogP contribution is -2.36. The SMILES string of the molecule is CN=C(NCc1cccc(OCC(F)F)c1)NCc1ccc(C)cc1OCC1CCOC1. The molecule has 1 unspecified atom stereocenters. The van der Waals surface area contributed by atoms with Crippen molar-refractivity contribution in [2.24, 2.45) is 10.9 Å².